The number of para-hydroxylation sites is 2. The molecule has 0 radical (unpaired) electrons. The van der Waals surface area contributed by atoms with Gasteiger partial charge < -0.3 is 9.80 Å². The largest absolute Gasteiger partial charge is 0.307 e. The Bertz CT molecular complexity index is 4690. The lowest BCUT2D eigenvalue weighted by molar-refractivity contribution is 0.590. The molecule has 4 heteroatoms. The quantitative estimate of drug-likeness (QED) is 0.126. The van der Waals surface area contributed by atoms with Crippen LogP contribution in [0.5, 0.6) is 0 Å². The van der Waals surface area contributed by atoms with Gasteiger partial charge in [-0.2, -0.15) is 0 Å². The molecule has 0 atom stereocenters. The molecule has 0 amide bonds. The summed E-state index contributed by atoms with van der Waals surface area (Å²) in [5.41, 5.74) is 7.20. The Balaban J connectivity index is 1.20. The van der Waals surface area contributed by atoms with Gasteiger partial charge in [-0.05, 0) is 159 Å². The Labute approximate surface area is 510 Å². The van der Waals surface area contributed by atoms with E-state index in [4.69, 9.17) is 8.22 Å². The highest BCUT2D eigenvalue weighted by Gasteiger charge is 2.30. The van der Waals surface area contributed by atoms with Gasteiger partial charge in [-0.15, -0.1) is 0 Å². The summed E-state index contributed by atoms with van der Waals surface area (Å²) in [7, 11) is 0. The zero-order valence-electron chi connectivity index (χ0n) is 59.8. The van der Waals surface area contributed by atoms with E-state index >= 15 is 8.78 Å². The maximum atomic E-state index is 18.8. The molecule has 12 aromatic carbocycles. The standard InChI is InChI=1S/C80H74F2N2/c1-77(2,3)59-27-19-23-53(43-59)57-47-67(55-25-21-29-61(45-55)79(7,8)9)75(69(81)49-57)83(63-31-15-13-16-32-63)71-41-37-51-36-40-66-72(42-38-52-35-39-65(71)73(51)74(52)66)84(64-33-17-14-18-34-64)76-68(56-26-22-30-62(46-56)80(10,11)12)48-58(50-70(76)82)54-24-20-28-60(44-54)78(4,5)6/h13-50H,1-12H3/i13D,14D,15D,16D,17D,18D,31D,32D,33D,34D. The fraction of sp³-hybridized carbons (Fsp3) is 0.200. The van der Waals surface area contributed by atoms with Crippen molar-refractivity contribution in [3.8, 4) is 44.5 Å². The summed E-state index contributed by atoms with van der Waals surface area (Å²) >= 11 is 0. The van der Waals surface area contributed by atoms with Crippen LogP contribution < -0.4 is 9.80 Å². The molecule has 0 aliphatic carbocycles. The van der Waals surface area contributed by atoms with Gasteiger partial charge in [-0.25, -0.2) is 8.78 Å². The summed E-state index contributed by atoms with van der Waals surface area (Å²) in [6.07, 6.45) is 0. The van der Waals surface area contributed by atoms with Crippen LogP contribution in [0.25, 0.3) is 76.8 Å². The van der Waals surface area contributed by atoms with Crippen molar-refractivity contribution in [1.82, 2.24) is 0 Å². The molecule has 0 fully saturated rings. The van der Waals surface area contributed by atoms with Gasteiger partial charge >= 0.3 is 0 Å². The molecule has 12 rings (SSSR count). The summed E-state index contributed by atoms with van der Waals surface area (Å²) in [4.78, 5) is 2.92. The van der Waals surface area contributed by atoms with Crippen LogP contribution in [0.1, 0.15) is 119 Å². The molecule has 0 aromatic heterocycles. The molecule has 418 valence electrons. The Morgan fingerprint density at radius 3 is 0.964 bits per heavy atom. The SMILES string of the molecule is [2H]c1c([2H])c([2H])c(N(c2c(F)cc(-c3cccc(C(C)(C)C)c3)cc2-c2cccc(C(C)(C)C)c2)c2ccc3ccc4c(N(c5c(F)cc(-c6cccc(C(C)(C)C)c6)cc5-c5cccc(C(C)(C)C)c5)c5c([2H])c([2H])c([2H])c([2H])c5[2H])ccc5ccc2c3c54)c([2H])c1[2H]. The van der Waals surface area contributed by atoms with Crippen LogP contribution in [-0.2, 0) is 21.7 Å². The van der Waals surface area contributed by atoms with Crippen molar-refractivity contribution < 1.29 is 22.5 Å². The highest BCUT2D eigenvalue weighted by molar-refractivity contribution is 6.28. The van der Waals surface area contributed by atoms with E-state index < -0.39 is 72.1 Å². The first-order valence-electron chi connectivity index (χ1n) is 33.7. The van der Waals surface area contributed by atoms with Gasteiger partial charge in [0.1, 0.15) is 11.6 Å². The molecule has 12 aromatic rings. The van der Waals surface area contributed by atoms with Gasteiger partial charge in [0.25, 0.3) is 0 Å². The van der Waals surface area contributed by atoms with E-state index in [2.05, 4.69) is 83.1 Å². The molecule has 0 N–H and O–H groups in total. The monoisotopic (exact) mass is 1110 g/mol. The average Bonchev–Trinajstić information content (AvgIpc) is 0.713. The van der Waals surface area contributed by atoms with E-state index in [9.17, 15) is 5.48 Å². The number of anilines is 6. The Morgan fingerprint density at radius 2 is 0.631 bits per heavy atom. The predicted octanol–water partition coefficient (Wildman–Crippen LogP) is 23.7. The van der Waals surface area contributed by atoms with Crippen molar-refractivity contribution in [3.05, 3.63) is 264 Å². The summed E-state index contributed by atoms with van der Waals surface area (Å²) in [6, 6.07) is 47.0. The number of benzene rings is 12. The summed E-state index contributed by atoms with van der Waals surface area (Å²) in [5, 5.41) is 3.57. The van der Waals surface area contributed by atoms with Crippen LogP contribution >= 0.6 is 0 Å². The number of hydrogen-bond donors (Lipinski definition) is 0. The number of halogens is 2. The summed E-state index contributed by atoms with van der Waals surface area (Å²) in [6.45, 7) is 25.2. The minimum atomic E-state index is -0.734. The number of nitrogens with zero attached hydrogens (tertiary/aromatic N) is 2. The molecule has 0 spiro atoms. The van der Waals surface area contributed by atoms with Crippen molar-refractivity contribution in [2.24, 2.45) is 0 Å². The van der Waals surface area contributed by atoms with E-state index in [0.29, 0.717) is 65.7 Å². The molecular formula is C80H74F2N2. The number of hydrogen-bond acceptors (Lipinski definition) is 2. The molecule has 0 aliphatic heterocycles. The molecule has 0 saturated carbocycles. The lowest BCUT2D eigenvalue weighted by Gasteiger charge is -2.32. The van der Waals surface area contributed by atoms with Crippen molar-refractivity contribution in [3.63, 3.8) is 0 Å². The van der Waals surface area contributed by atoms with Gasteiger partial charge in [-0.3, -0.25) is 0 Å². The van der Waals surface area contributed by atoms with Gasteiger partial charge in [0.2, 0.25) is 0 Å². The fourth-order valence-corrected chi connectivity index (χ4v) is 11.6. The first-order chi connectivity index (χ1) is 44.1. The molecular weight excluding hydrogens is 1030 g/mol. The summed E-state index contributed by atoms with van der Waals surface area (Å²) < 4.78 is 131. The maximum absolute atomic E-state index is 18.8. The van der Waals surface area contributed by atoms with E-state index in [1.54, 1.807) is 12.1 Å². The van der Waals surface area contributed by atoms with Crippen molar-refractivity contribution >= 4 is 66.4 Å². The van der Waals surface area contributed by atoms with Gasteiger partial charge in [0.15, 0.2) is 0 Å². The zero-order valence-corrected chi connectivity index (χ0v) is 49.8. The number of rotatable bonds is 10. The van der Waals surface area contributed by atoms with Gasteiger partial charge in [-0.1, -0.05) is 253 Å². The first kappa shape index (κ1) is 44.7. The van der Waals surface area contributed by atoms with Crippen molar-refractivity contribution in [1.29, 1.82) is 0 Å². The van der Waals surface area contributed by atoms with E-state index in [0.717, 1.165) is 33.4 Å². The molecule has 84 heavy (non-hydrogen) atoms. The minimum Gasteiger partial charge on any atom is -0.307 e. The van der Waals surface area contributed by atoms with Crippen molar-refractivity contribution in [2.75, 3.05) is 9.80 Å². The third-order valence-corrected chi connectivity index (χ3v) is 16.3. The highest BCUT2D eigenvalue weighted by Crippen LogP contribution is 2.52. The van der Waals surface area contributed by atoms with E-state index in [-0.39, 0.29) is 55.8 Å². The molecule has 0 aliphatic rings. The zero-order chi connectivity index (χ0) is 67.7. The topological polar surface area (TPSA) is 6.48 Å². The fourth-order valence-electron chi connectivity index (χ4n) is 11.6. The maximum Gasteiger partial charge on any atom is 0.148 e. The van der Waals surface area contributed by atoms with Crippen LogP contribution in [-0.4, -0.2) is 0 Å². The molecule has 0 saturated heterocycles. The Kier molecular flexibility index (Phi) is 11.2. The first-order valence-corrected chi connectivity index (χ1v) is 28.7. The van der Waals surface area contributed by atoms with Crippen molar-refractivity contribution in [2.45, 2.75) is 105 Å². The van der Waals surface area contributed by atoms with Crippen LogP contribution in [0.15, 0.2) is 230 Å². The molecule has 0 heterocycles. The van der Waals surface area contributed by atoms with E-state index in [1.807, 2.05) is 146 Å². The van der Waals surface area contributed by atoms with Crippen LogP contribution in [0.4, 0.5) is 42.9 Å². The molecule has 2 nitrogen and oxygen atoms in total. The predicted molar refractivity (Wildman–Crippen MR) is 356 cm³/mol. The van der Waals surface area contributed by atoms with Crippen LogP contribution in [0.2, 0.25) is 0 Å². The van der Waals surface area contributed by atoms with Gasteiger partial charge in [0.05, 0.1) is 36.5 Å². The Morgan fingerprint density at radius 1 is 0.321 bits per heavy atom. The second kappa shape index (κ2) is 21.1. The molecule has 0 bridgehead atoms. The van der Waals surface area contributed by atoms with E-state index in [1.165, 1.54) is 21.9 Å². The second-order valence-electron chi connectivity index (χ2n) is 26.2. The highest BCUT2D eigenvalue weighted by atomic mass is 19.1. The Hall–Kier alpha value is -8.86. The summed E-state index contributed by atoms with van der Waals surface area (Å²) in [5.74, 6) is -1.47. The third kappa shape index (κ3) is 10.4. The molecule has 0 unspecified atom stereocenters. The van der Waals surface area contributed by atoms with Crippen LogP contribution in [0.3, 0.4) is 0 Å². The lowest BCUT2D eigenvalue weighted by Crippen LogP contribution is -2.15. The minimum absolute atomic E-state index is 0.0736. The average molecular weight is 1110 g/mol. The lowest BCUT2D eigenvalue weighted by atomic mass is 9.84. The normalized spacial score (nSPS) is 14.1. The van der Waals surface area contributed by atoms with Crippen LogP contribution in [0, 0.1) is 11.6 Å². The van der Waals surface area contributed by atoms with Gasteiger partial charge in [0, 0.05) is 33.3 Å². The second-order valence-corrected chi connectivity index (χ2v) is 26.2. The third-order valence-electron chi connectivity index (χ3n) is 16.3. The smallest absolute Gasteiger partial charge is 0.148 e.